The molecular formula is C19H25N3O2. The summed E-state index contributed by atoms with van der Waals surface area (Å²) in [6.45, 7) is 4.77. The maximum atomic E-state index is 12.6. The van der Waals surface area contributed by atoms with Crippen molar-refractivity contribution in [2.75, 3.05) is 18.0 Å². The molecule has 0 saturated carbocycles. The Kier molecular flexibility index (Phi) is 6.36. The lowest BCUT2D eigenvalue weighted by molar-refractivity contribution is -0.134. The van der Waals surface area contributed by atoms with Crippen LogP contribution in [0.4, 0.5) is 5.69 Å². The average molecular weight is 327 g/mol. The highest BCUT2D eigenvalue weighted by Gasteiger charge is 2.25. The van der Waals surface area contributed by atoms with Gasteiger partial charge in [0.25, 0.3) is 0 Å². The van der Waals surface area contributed by atoms with Gasteiger partial charge in [-0.3, -0.25) is 9.59 Å². The molecule has 0 aromatic heterocycles. The van der Waals surface area contributed by atoms with Crippen LogP contribution in [0.25, 0.3) is 0 Å². The van der Waals surface area contributed by atoms with Crippen molar-refractivity contribution in [3.05, 3.63) is 29.8 Å². The van der Waals surface area contributed by atoms with E-state index in [2.05, 4.69) is 13.0 Å². The fourth-order valence-corrected chi connectivity index (χ4v) is 3.32. The number of anilines is 1. The number of likely N-dealkylation sites (tertiary alicyclic amines) is 1. The number of hydrogen-bond donors (Lipinski definition) is 0. The normalized spacial score (nSPS) is 17.2. The predicted octanol–water partition coefficient (Wildman–Crippen LogP) is 3.09. The molecule has 1 unspecified atom stereocenters. The quantitative estimate of drug-likeness (QED) is 0.835. The van der Waals surface area contributed by atoms with Crippen LogP contribution in [0.1, 0.15) is 51.5 Å². The molecule has 1 aromatic rings. The zero-order valence-electron chi connectivity index (χ0n) is 14.5. The van der Waals surface area contributed by atoms with Gasteiger partial charge in [-0.05, 0) is 43.9 Å². The van der Waals surface area contributed by atoms with Crippen LogP contribution in [0, 0.1) is 11.3 Å². The molecule has 128 valence electrons. The van der Waals surface area contributed by atoms with E-state index in [0.717, 1.165) is 25.8 Å². The molecular weight excluding hydrogens is 302 g/mol. The lowest BCUT2D eigenvalue weighted by Crippen LogP contribution is -2.44. The van der Waals surface area contributed by atoms with Gasteiger partial charge in [0, 0.05) is 38.2 Å². The topological polar surface area (TPSA) is 64.4 Å². The lowest BCUT2D eigenvalue weighted by atomic mass is 9.99. The van der Waals surface area contributed by atoms with Gasteiger partial charge in [0.15, 0.2) is 0 Å². The molecule has 24 heavy (non-hydrogen) atoms. The minimum absolute atomic E-state index is 0.115. The summed E-state index contributed by atoms with van der Waals surface area (Å²) >= 11 is 0. The van der Waals surface area contributed by atoms with Crippen molar-refractivity contribution in [1.29, 1.82) is 5.26 Å². The molecule has 5 heteroatoms. The van der Waals surface area contributed by atoms with E-state index < -0.39 is 0 Å². The Labute approximate surface area is 143 Å². The van der Waals surface area contributed by atoms with Crippen LogP contribution in [-0.4, -0.2) is 35.8 Å². The van der Waals surface area contributed by atoms with Crippen molar-refractivity contribution in [3.8, 4) is 6.07 Å². The summed E-state index contributed by atoms with van der Waals surface area (Å²) in [7, 11) is 0. The smallest absolute Gasteiger partial charge is 0.224 e. The van der Waals surface area contributed by atoms with Crippen LogP contribution in [0.5, 0.6) is 0 Å². The molecule has 1 aliphatic rings. The summed E-state index contributed by atoms with van der Waals surface area (Å²) in [4.78, 5) is 28.1. The second-order valence-corrected chi connectivity index (χ2v) is 6.23. The number of rotatable bonds is 5. The highest BCUT2D eigenvalue weighted by Crippen LogP contribution is 2.21. The van der Waals surface area contributed by atoms with Crippen molar-refractivity contribution in [2.45, 2.75) is 52.0 Å². The molecule has 1 atom stereocenters. The largest absolute Gasteiger partial charge is 0.340 e. The molecule has 1 saturated heterocycles. The van der Waals surface area contributed by atoms with E-state index in [-0.39, 0.29) is 11.8 Å². The van der Waals surface area contributed by atoms with Crippen molar-refractivity contribution in [2.24, 2.45) is 0 Å². The second kappa shape index (κ2) is 8.49. The molecule has 0 aliphatic carbocycles. The summed E-state index contributed by atoms with van der Waals surface area (Å²) in [6, 6.07) is 9.34. The number of hydrogen-bond acceptors (Lipinski definition) is 3. The molecule has 2 amide bonds. The van der Waals surface area contributed by atoms with Crippen LogP contribution in [0.2, 0.25) is 0 Å². The molecule has 1 heterocycles. The predicted molar refractivity (Wildman–Crippen MR) is 93.4 cm³/mol. The Balaban J connectivity index is 2.04. The Hall–Kier alpha value is -2.35. The third kappa shape index (κ3) is 4.35. The van der Waals surface area contributed by atoms with Crippen molar-refractivity contribution < 1.29 is 9.59 Å². The minimum atomic E-state index is -0.122. The van der Waals surface area contributed by atoms with Crippen LogP contribution >= 0.6 is 0 Å². The lowest BCUT2D eigenvalue weighted by Gasteiger charge is -2.35. The van der Waals surface area contributed by atoms with E-state index in [9.17, 15) is 9.59 Å². The maximum absolute atomic E-state index is 12.6. The van der Waals surface area contributed by atoms with Crippen molar-refractivity contribution >= 4 is 17.5 Å². The SMILES string of the molecule is CCC1CCCCN1C(=O)CCN(C(C)=O)c1cccc(C#N)c1. The molecule has 1 fully saturated rings. The highest BCUT2D eigenvalue weighted by atomic mass is 16.2. The number of amides is 2. The van der Waals surface area contributed by atoms with Gasteiger partial charge in [-0.1, -0.05) is 13.0 Å². The van der Waals surface area contributed by atoms with Crippen LogP contribution in [0.3, 0.4) is 0 Å². The average Bonchev–Trinajstić information content (AvgIpc) is 2.61. The Bertz CT molecular complexity index is 636. The first-order chi connectivity index (χ1) is 11.6. The van der Waals surface area contributed by atoms with E-state index in [1.54, 1.807) is 29.2 Å². The first-order valence-electron chi connectivity index (χ1n) is 8.64. The molecule has 1 aromatic carbocycles. The summed E-state index contributed by atoms with van der Waals surface area (Å²) in [5.74, 6) is -0.00665. The van der Waals surface area contributed by atoms with Gasteiger partial charge >= 0.3 is 0 Å². The van der Waals surface area contributed by atoms with Gasteiger partial charge in [-0.2, -0.15) is 5.26 Å². The summed E-state index contributed by atoms with van der Waals surface area (Å²) < 4.78 is 0. The van der Waals surface area contributed by atoms with Crippen molar-refractivity contribution in [1.82, 2.24) is 4.90 Å². The van der Waals surface area contributed by atoms with Gasteiger partial charge in [0.2, 0.25) is 11.8 Å². The van der Waals surface area contributed by atoms with Crippen LogP contribution < -0.4 is 4.90 Å². The standard InChI is InChI=1S/C19H25N3O2/c1-3-17-8-4-5-11-22(17)19(24)10-12-21(15(2)23)18-9-6-7-16(13-18)14-20/h6-7,9,13,17H,3-5,8,10-12H2,1-2H3. The number of carbonyl (C=O) groups is 2. The van der Waals surface area contributed by atoms with E-state index in [1.807, 2.05) is 4.90 Å². The van der Waals surface area contributed by atoms with Gasteiger partial charge in [-0.15, -0.1) is 0 Å². The van der Waals surface area contributed by atoms with Crippen LogP contribution in [-0.2, 0) is 9.59 Å². The molecule has 0 radical (unpaired) electrons. The molecule has 5 nitrogen and oxygen atoms in total. The Morgan fingerprint density at radius 1 is 1.38 bits per heavy atom. The van der Waals surface area contributed by atoms with Crippen molar-refractivity contribution in [3.63, 3.8) is 0 Å². The third-order valence-electron chi connectivity index (χ3n) is 4.64. The number of nitrogens with zero attached hydrogens (tertiary/aromatic N) is 3. The number of nitriles is 1. The number of piperidine rings is 1. The third-order valence-corrected chi connectivity index (χ3v) is 4.64. The molecule has 2 rings (SSSR count). The number of carbonyl (C=O) groups excluding carboxylic acids is 2. The van der Waals surface area contributed by atoms with Gasteiger partial charge in [0.1, 0.15) is 0 Å². The highest BCUT2D eigenvalue weighted by molar-refractivity contribution is 5.92. The van der Waals surface area contributed by atoms with Gasteiger partial charge < -0.3 is 9.80 Å². The fraction of sp³-hybridized carbons (Fsp3) is 0.526. The Morgan fingerprint density at radius 2 is 2.17 bits per heavy atom. The monoisotopic (exact) mass is 327 g/mol. The van der Waals surface area contributed by atoms with Gasteiger partial charge in [-0.25, -0.2) is 0 Å². The van der Waals surface area contributed by atoms with E-state index >= 15 is 0 Å². The minimum Gasteiger partial charge on any atom is -0.340 e. The summed E-state index contributed by atoms with van der Waals surface area (Å²) in [6.07, 6.45) is 4.60. The van der Waals surface area contributed by atoms with Gasteiger partial charge in [0.05, 0.1) is 11.6 Å². The molecule has 0 bridgehead atoms. The Morgan fingerprint density at radius 3 is 2.83 bits per heavy atom. The van der Waals surface area contributed by atoms with E-state index in [0.29, 0.717) is 30.3 Å². The number of benzene rings is 1. The molecule has 0 spiro atoms. The summed E-state index contributed by atoms with van der Waals surface area (Å²) in [5, 5.41) is 9.01. The van der Waals surface area contributed by atoms with E-state index in [4.69, 9.17) is 5.26 Å². The zero-order chi connectivity index (χ0) is 17.5. The second-order valence-electron chi connectivity index (χ2n) is 6.23. The molecule has 0 N–H and O–H groups in total. The first-order valence-corrected chi connectivity index (χ1v) is 8.64. The van der Waals surface area contributed by atoms with Crippen LogP contribution in [0.15, 0.2) is 24.3 Å². The molecule has 1 aliphatic heterocycles. The zero-order valence-corrected chi connectivity index (χ0v) is 14.5. The summed E-state index contributed by atoms with van der Waals surface area (Å²) in [5.41, 5.74) is 1.17. The fourth-order valence-electron chi connectivity index (χ4n) is 3.32. The first kappa shape index (κ1) is 18.0. The maximum Gasteiger partial charge on any atom is 0.224 e. The van der Waals surface area contributed by atoms with E-state index in [1.165, 1.54) is 13.3 Å².